The smallest absolute Gasteiger partial charge is 0.435 e. The van der Waals surface area contributed by atoms with Gasteiger partial charge in [-0.25, -0.2) is 4.98 Å². The molecule has 5 nitrogen and oxygen atoms in total. The lowest BCUT2D eigenvalue weighted by Gasteiger charge is -2.39. The third-order valence-electron chi connectivity index (χ3n) is 8.86. The zero-order valence-electron chi connectivity index (χ0n) is 22.3. The molecule has 0 saturated carbocycles. The van der Waals surface area contributed by atoms with Crippen molar-refractivity contribution in [3.05, 3.63) is 121 Å². The second kappa shape index (κ2) is 8.52. The standard InChI is InChI=1S/C35H20N2O3.2Al/c1-4-12-27(13-5-1)37(28-14-6-2-7-15-28)29-16-10-19-31(24-29)40-35-23-22-34(26-36-35)39-33-21-11-20-32(25-33)38-30-17-8-3-9-18-30;;/h1-14,16-17,19-22H;;. The fourth-order valence-electron chi connectivity index (χ4n) is 7.17. The highest BCUT2D eigenvalue weighted by Crippen LogP contribution is 2.41. The van der Waals surface area contributed by atoms with Crippen LogP contribution in [0.15, 0.2) is 121 Å². The Morgan fingerprint density at radius 1 is 0.476 bits per heavy atom. The zero-order chi connectivity index (χ0) is 27.4. The molecular weight excluding hydrogens is 550 g/mol. The van der Waals surface area contributed by atoms with E-state index in [0.717, 1.165) is 49.3 Å². The van der Waals surface area contributed by atoms with E-state index in [1.165, 1.54) is 29.1 Å². The van der Waals surface area contributed by atoms with Crippen molar-refractivity contribution in [2.45, 2.75) is 0 Å². The number of nitrogens with zero attached hydrogens (tertiary/aromatic N) is 2. The molecule has 10 rings (SSSR count). The van der Waals surface area contributed by atoms with E-state index in [2.05, 4.69) is 108 Å². The Morgan fingerprint density at radius 2 is 1.12 bits per heavy atom. The van der Waals surface area contributed by atoms with E-state index in [-0.39, 0.29) is 0 Å². The Bertz CT molecular complexity index is 2120. The van der Waals surface area contributed by atoms with Gasteiger partial charge in [-0.1, -0.05) is 75.6 Å². The van der Waals surface area contributed by atoms with Crippen LogP contribution < -0.4 is 45.8 Å². The molecule has 0 spiro atoms. The van der Waals surface area contributed by atoms with E-state index in [9.17, 15) is 0 Å². The van der Waals surface area contributed by atoms with Crippen molar-refractivity contribution in [2.75, 3.05) is 4.90 Å². The number of fused-ring (bicyclic) bond motifs is 8. The summed E-state index contributed by atoms with van der Waals surface area (Å²) in [7, 11) is 0. The summed E-state index contributed by atoms with van der Waals surface area (Å²) in [5.74, 6) is 5.16. The highest BCUT2D eigenvalue weighted by Gasteiger charge is 2.48. The molecule has 42 heavy (non-hydrogen) atoms. The Kier molecular flexibility index (Phi) is 4.69. The van der Waals surface area contributed by atoms with E-state index in [1.54, 1.807) is 0 Å². The van der Waals surface area contributed by atoms with Gasteiger partial charge in [0.1, 0.15) is 28.7 Å². The first-order valence-corrected chi connectivity index (χ1v) is 17.7. The molecule has 5 aromatic carbocycles. The average Bonchev–Trinajstić information content (AvgIpc) is 3.04. The van der Waals surface area contributed by atoms with E-state index >= 15 is 0 Å². The molecule has 0 atom stereocenters. The number of hydrogen-bond acceptors (Lipinski definition) is 5. The van der Waals surface area contributed by atoms with Crippen LogP contribution in [-0.2, 0) is 0 Å². The van der Waals surface area contributed by atoms with Gasteiger partial charge in [0.15, 0.2) is 0 Å². The second-order valence-electron chi connectivity index (χ2n) is 11.1. The van der Waals surface area contributed by atoms with Crippen LogP contribution in [0.25, 0.3) is 0 Å². The van der Waals surface area contributed by atoms with E-state index in [4.69, 9.17) is 19.2 Å². The van der Waals surface area contributed by atoms with Gasteiger partial charge in [-0.2, -0.15) is 0 Å². The van der Waals surface area contributed by atoms with Crippen molar-refractivity contribution in [1.82, 2.24) is 4.98 Å². The van der Waals surface area contributed by atoms with Gasteiger partial charge in [0.25, 0.3) is 0 Å². The maximum Gasteiger partial charge on any atom is 0.435 e. The van der Waals surface area contributed by atoms with Crippen LogP contribution in [0.5, 0.6) is 34.6 Å². The van der Waals surface area contributed by atoms with E-state index in [0.29, 0.717) is 0 Å². The minimum atomic E-state index is -1.96. The number of benzene rings is 5. The molecule has 7 heteroatoms. The van der Waals surface area contributed by atoms with Crippen LogP contribution in [0, 0.1) is 0 Å². The maximum atomic E-state index is 6.74. The molecule has 0 radical (unpaired) electrons. The lowest BCUT2D eigenvalue weighted by atomic mass is 10.1. The van der Waals surface area contributed by atoms with Crippen molar-refractivity contribution >= 4 is 72.0 Å². The van der Waals surface area contributed by atoms with Crippen LogP contribution in [0.4, 0.5) is 17.1 Å². The summed E-state index contributed by atoms with van der Waals surface area (Å²) in [5.41, 5.74) is 3.54. The number of para-hydroxylation sites is 3. The topological polar surface area (TPSA) is 43.8 Å². The lowest BCUT2D eigenvalue weighted by molar-refractivity contribution is 0.452. The van der Waals surface area contributed by atoms with Gasteiger partial charge in [0, 0.05) is 21.6 Å². The number of pyridine rings is 1. The third-order valence-corrected chi connectivity index (χ3v) is 15.4. The number of aromatic nitrogens is 1. The minimum absolute atomic E-state index is 0.721. The molecule has 0 bridgehead atoms. The van der Waals surface area contributed by atoms with Crippen molar-refractivity contribution in [3.8, 4) is 34.6 Å². The first-order valence-electron chi connectivity index (χ1n) is 14.2. The molecule has 0 amide bonds. The maximum absolute atomic E-state index is 6.74. The summed E-state index contributed by atoms with van der Waals surface area (Å²) in [6, 6.07) is 42.6. The Hall–Kier alpha value is -4.49. The van der Waals surface area contributed by atoms with Crippen LogP contribution in [-0.4, -0.2) is 33.3 Å². The van der Waals surface area contributed by atoms with Crippen LogP contribution in [0.2, 0.25) is 0 Å². The van der Waals surface area contributed by atoms with Crippen LogP contribution >= 0.6 is 0 Å². The summed E-state index contributed by atoms with van der Waals surface area (Å²) in [5, 5.41) is 0. The summed E-state index contributed by atoms with van der Waals surface area (Å²) in [4.78, 5) is 7.73. The molecule has 4 aliphatic rings. The molecular formula is C35H20Al2N2O3. The lowest BCUT2D eigenvalue weighted by Crippen LogP contribution is -2.62. The molecule has 5 heterocycles. The summed E-state index contributed by atoms with van der Waals surface area (Å²) < 4.78 is 27.0. The van der Waals surface area contributed by atoms with Crippen LogP contribution in [0.1, 0.15) is 0 Å². The molecule has 0 N–H and O–H groups in total. The molecule has 0 unspecified atom stereocenters. The quantitative estimate of drug-likeness (QED) is 0.277. The van der Waals surface area contributed by atoms with Crippen molar-refractivity contribution in [2.24, 2.45) is 0 Å². The SMILES string of the molecule is c1ccc(N2c3cccc[c]3[Al]3[c]4cc5[c](nc4Oc4cccc2[c]43)[Al]2[c]3ccccc3Oc3cccc([c]32)O5)cc1. The molecule has 0 fully saturated rings. The van der Waals surface area contributed by atoms with Crippen molar-refractivity contribution in [3.63, 3.8) is 0 Å². The van der Waals surface area contributed by atoms with Crippen LogP contribution in [0.3, 0.4) is 0 Å². The highest BCUT2D eigenvalue weighted by atomic mass is 27.2. The average molecular weight is 571 g/mol. The highest BCUT2D eigenvalue weighted by molar-refractivity contribution is 7.00. The summed E-state index contributed by atoms with van der Waals surface area (Å²) >= 11 is -3.92. The van der Waals surface area contributed by atoms with Gasteiger partial charge < -0.3 is 19.1 Å². The van der Waals surface area contributed by atoms with Gasteiger partial charge in [0.2, 0.25) is 5.88 Å². The Morgan fingerprint density at radius 3 is 1.98 bits per heavy atom. The van der Waals surface area contributed by atoms with Gasteiger partial charge in [0.05, 0.1) is 0 Å². The molecule has 4 aliphatic heterocycles. The van der Waals surface area contributed by atoms with E-state index in [1.807, 2.05) is 18.2 Å². The number of anilines is 3. The third kappa shape index (κ3) is 3.06. The fourth-order valence-corrected chi connectivity index (χ4v) is 13.8. The number of hydrogen-bond donors (Lipinski definition) is 0. The Labute approximate surface area is 251 Å². The number of rotatable bonds is 1. The zero-order valence-corrected chi connectivity index (χ0v) is 24.6. The molecule has 1 aromatic heterocycles. The van der Waals surface area contributed by atoms with Gasteiger partial charge >= 0.3 is 28.3 Å². The fraction of sp³-hybridized carbons (Fsp3) is 0. The normalized spacial score (nSPS) is 14.1. The van der Waals surface area contributed by atoms with E-state index < -0.39 is 28.3 Å². The first kappa shape index (κ1) is 23.1. The first-order chi connectivity index (χ1) is 20.8. The Balaban J connectivity index is 1.21. The molecule has 6 aromatic rings. The summed E-state index contributed by atoms with van der Waals surface area (Å²) in [6.07, 6.45) is 0. The summed E-state index contributed by atoms with van der Waals surface area (Å²) in [6.45, 7) is 0. The van der Waals surface area contributed by atoms with Crippen molar-refractivity contribution in [1.29, 1.82) is 0 Å². The second-order valence-corrected chi connectivity index (χ2v) is 16.4. The van der Waals surface area contributed by atoms with Gasteiger partial charge in [-0.15, -0.1) is 0 Å². The van der Waals surface area contributed by atoms with Gasteiger partial charge in [-0.3, -0.25) is 0 Å². The van der Waals surface area contributed by atoms with Crippen molar-refractivity contribution < 1.29 is 14.2 Å². The molecule has 0 saturated heterocycles. The van der Waals surface area contributed by atoms with Gasteiger partial charge in [-0.05, 0) is 67.9 Å². The predicted octanol–water partition coefficient (Wildman–Crippen LogP) is 4.21. The predicted molar refractivity (Wildman–Crippen MR) is 168 cm³/mol. The largest absolute Gasteiger partial charge is 0.460 e. The molecule has 0 aliphatic carbocycles. The monoisotopic (exact) mass is 570 g/mol. The molecule has 194 valence electrons. The number of ether oxygens (including phenoxy) is 3. The minimum Gasteiger partial charge on any atom is -0.460 e.